The van der Waals surface area contributed by atoms with Crippen LogP contribution in [0.1, 0.15) is 50.0 Å². The van der Waals surface area contributed by atoms with Gasteiger partial charge in [0.15, 0.2) is 0 Å². The molecule has 1 aliphatic rings. The first-order chi connectivity index (χ1) is 9.86. The number of sulfone groups is 1. The normalized spacial score (nSPS) is 25.0. The number of aromatic nitrogens is 2. The monoisotopic (exact) mass is 313 g/mol. The molecule has 3 unspecified atom stereocenters. The average Bonchev–Trinajstić information content (AvgIpc) is 2.81. The third-order valence-electron chi connectivity index (χ3n) is 4.70. The van der Waals surface area contributed by atoms with E-state index in [-0.39, 0.29) is 11.3 Å². The molecule has 0 radical (unpaired) electrons. The molecule has 21 heavy (non-hydrogen) atoms. The molecule has 0 amide bonds. The van der Waals surface area contributed by atoms with Gasteiger partial charge in [0.1, 0.15) is 9.84 Å². The van der Waals surface area contributed by atoms with Crippen molar-refractivity contribution < 1.29 is 8.42 Å². The van der Waals surface area contributed by atoms with Crippen LogP contribution in [0.15, 0.2) is 6.07 Å². The molecule has 5 nitrogen and oxygen atoms in total. The lowest BCUT2D eigenvalue weighted by Crippen LogP contribution is -2.35. The van der Waals surface area contributed by atoms with Crippen molar-refractivity contribution in [3.63, 3.8) is 0 Å². The van der Waals surface area contributed by atoms with Crippen molar-refractivity contribution in [1.82, 2.24) is 15.1 Å². The van der Waals surface area contributed by atoms with Gasteiger partial charge in [-0.05, 0) is 44.7 Å². The summed E-state index contributed by atoms with van der Waals surface area (Å²) in [6, 6.07) is 2.32. The fourth-order valence-electron chi connectivity index (χ4n) is 3.51. The van der Waals surface area contributed by atoms with Gasteiger partial charge in [-0.1, -0.05) is 13.3 Å². The number of hydrogen-bond donors (Lipinski definition) is 1. The molecular weight excluding hydrogens is 286 g/mol. The first kappa shape index (κ1) is 16.5. The number of nitrogens with zero attached hydrogens (tertiary/aromatic N) is 2. The minimum absolute atomic E-state index is 0.173. The van der Waals surface area contributed by atoms with Crippen LogP contribution in [0.25, 0.3) is 0 Å². The molecule has 1 N–H and O–H groups in total. The van der Waals surface area contributed by atoms with E-state index < -0.39 is 9.84 Å². The molecule has 1 aromatic heterocycles. The summed E-state index contributed by atoms with van der Waals surface area (Å²) in [5.41, 5.74) is 2.25. The molecule has 1 aromatic rings. The van der Waals surface area contributed by atoms with Gasteiger partial charge < -0.3 is 5.32 Å². The van der Waals surface area contributed by atoms with Crippen LogP contribution in [0.2, 0.25) is 0 Å². The Morgan fingerprint density at radius 2 is 2.19 bits per heavy atom. The molecule has 0 aromatic carbocycles. The van der Waals surface area contributed by atoms with Gasteiger partial charge in [0.25, 0.3) is 0 Å². The lowest BCUT2D eigenvalue weighted by Gasteiger charge is -2.33. The molecule has 0 saturated heterocycles. The van der Waals surface area contributed by atoms with Crippen molar-refractivity contribution in [2.75, 3.05) is 13.3 Å². The van der Waals surface area contributed by atoms with Crippen LogP contribution in [-0.4, -0.2) is 36.8 Å². The summed E-state index contributed by atoms with van der Waals surface area (Å²) in [5, 5.41) is 7.71. The quantitative estimate of drug-likeness (QED) is 0.901. The van der Waals surface area contributed by atoms with Crippen LogP contribution in [0.3, 0.4) is 0 Å². The van der Waals surface area contributed by atoms with E-state index in [4.69, 9.17) is 0 Å². The second kappa shape index (κ2) is 6.48. The maximum absolute atomic E-state index is 11.9. The van der Waals surface area contributed by atoms with Gasteiger partial charge in [-0.15, -0.1) is 0 Å². The highest BCUT2D eigenvalue weighted by Crippen LogP contribution is 2.36. The Hall–Kier alpha value is -0.880. The Labute approximate surface area is 128 Å². The van der Waals surface area contributed by atoms with Gasteiger partial charge in [-0.25, -0.2) is 8.42 Å². The van der Waals surface area contributed by atoms with Crippen molar-refractivity contribution in [2.45, 2.75) is 50.3 Å². The van der Waals surface area contributed by atoms with Crippen molar-refractivity contribution in [1.29, 1.82) is 0 Å². The smallest absolute Gasteiger partial charge is 0.150 e. The predicted octanol–water partition coefficient (Wildman–Crippen LogP) is 1.85. The van der Waals surface area contributed by atoms with Crippen molar-refractivity contribution >= 4 is 9.84 Å². The summed E-state index contributed by atoms with van der Waals surface area (Å²) >= 11 is 0. The molecule has 1 saturated carbocycles. The zero-order chi connectivity index (χ0) is 15.6. The molecule has 0 bridgehead atoms. The number of hydrogen-bond acceptors (Lipinski definition) is 4. The Morgan fingerprint density at radius 1 is 1.48 bits per heavy atom. The molecule has 120 valence electrons. The first-order valence-electron chi connectivity index (χ1n) is 7.75. The Balaban J connectivity index is 2.22. The van der Waals surface area contributed by atoms with E-state index in [2.05, 4.69) is 23.4 Å². The minimum atomic E-state index is -2.94. The standard InChI is InChI=1S/C15H27N3O2S/c1-5-12-10-14(18(3)17-12)15(16-2)11-7-6-8-13(9-11)21(4,19)20/h10-11,13,15-16H,5-9H2,1-4H3. The molecule has 2 rings (SSSR count). The molecule has 0 aliphatic heterocycles. The van der Waals surface area contributed by atoms with Crippen LogP contribution >= 0.6 is 0 Å². The van der Waals surface area contributed by atoms with E-state index >= 15 is 0 Å². The van der Waals surface area contributed by atoms with E-state index in [1.807, 2.05) is 18.8 Å². The van der Waals surface area contributed by atoms with Crippen molar-refractivity contribution in [3.8, 4) is 0 Å². The fourth-order valence-corrected chi connectivity index (χ4v) is 4.70. The highest BCUT2D eigenvalue weighted by atomic mass is 32.2. The third kappa shape index (κ3) is 3.66. The van der Waals surface area contributed by atoms with Crippen LogP contribution in [0, 0.1) is 5.92 Å². The van der Waals surface area contributed by atoms with Crippen LogP contribution < -0.4 is 5.32 Å². The van der Waals surface area contributed by atoms with E-state index in [9.17, 15) is 8.42 Å². The SMILES string of the molecule is CCc1cc(C(NC)C2CCCC(S(C)(=O)=O)C2)n(C)n1. The molecule has 3 atom stereocenters. The zero-order valence-electron chi connectivity index (χ0n) is 13.5. The summed E-state index contributed by atoms with van der Waals surface area (Å²) in [4.78, 5) is 0. The molecule has 0 spiro atoms. The van der Waals surface area contributed by atoms with Crippen LogP contribution in [-0.2, 0) is 23.3 Å². The molecule has 6 heteroatoms. The van der Waals surface area contributed by atoms with Gasteiger partial charge >= 0.3 is 0 Å². The van der Waals surface area contributed by atoms with Gasteiger partial charge in [0.2, 0.25) is 0 Å². The summed E-state index contributed by atoms with van der Waals surface area (Å²) in [6.45, 7) is 2.10. The highest BCUT2D eigenvalue weighted by molar-refractivity contribution is 7.91. The van der Waals surface area contributed by atoms with Gasteiger partial charge in [-0.3, -0.25) is 4.68 Å². The Bertz CT molecular complexity index is 580. The van der Waals surface area contributed by atoms with Crippen LogP contribution in [0.4, 0.5) is 0 Å². The topological polar surface area (TPSA) is 64.0 Å². The van der Waals surface area contributed by atoms with E-state index in [0.29, 0.717) is 5.92 Å². The van der Waals surface area contributed by atoms with Crippen molar-refractivity contribution in [3.05, 3.63) is 17.5 Å². The first-order valence-corrected chi connectivity index (χ1v) is 9.71. The lowest BCUT2D eigenvalue weighted by molar-refractivity contribution is 0.274. The lowest BCUT2D eigenvalue weighted by atomic mass is 9.82. The molecule has 1 heterocycles. The summed E-state index contributed by atoms with van der Waals surface area (Å²) in [6.07, 6.45) is 5.90. The maximum atomic E-state index is 11.9. The molecule has 1 aliphatic carbocycles. The van der Waals surface area contributed by atoms with Gasteiger partial charge in [0.05, 0.1) is 22.7 Å². The second-order valence-corrected chi connectivity index (χ2v) is 8.51. The number of rotatable bonds is 5. The fraction of sp³-hybridized carbons (Fsp3) is 0.800. The van der Waals surface area contributed by atoms with E-state index in [1.54, 1.807) is 0 Å². The van der Waals surface area contributed by atoms with Crippen LogP contribution in [0.5, 0.6) is 0 Å². The second-order valence-electron chi connectivity index (χ2n) is 6.18. The van der Waals surface area contributed by atoms with Gasteiger partial charge in [0, 0.05) is 13.3 Å². The molecular formula is C15H27N3O2S. The number of aryl methyl sites for hydroxylation is 2. The summed E-state index contributed by atoms with van der Waals surface area (Å²) in [5.74, 6) is 0.351. The van der Waals surface area contributed by atoms with E-state index in [0.717, 1.165) is 43.5 Å². The summed E-state index contributed by atoms with van der Waals surface area (Å²) in [7, 11) is 0.977. The summed E-state index contributed by atoms with van der Waals surface area (Å²) < 4.78 is 25.7. The number of nitrogens with one attached hydrogen (secondary N) is 1. The third-order valence-corrected chi connectivity index (χ3v) is 6.34. The van der Waals surface area contributed by atoms with E-state index in [1.165, 1.54) is 6.26 Å². The average molecular weight is 313 g/mol. The Morgan fingerprint density at radius 3 is 2.71 bits per heavy atom. The Kier molecular flexibility index (Phi) is 5.09. The van der Waals surface area contributed by atoms with Gasteiger partial charge in [-0.2, -0.15) is 5.10 Å². The minimum Gasteiger partial charge on any atom is -0.311 e. The zero-order valence-corrected chi connectivity index (χ0v) is 14.3. The highest BCUT2D eigenvalue weighted by Gasteiger charge is 2.34. The molecule has 1 fully saturated rings. The largest absolute Gasteiger partial charge is 0.311 e. The predicted molar refractivity (Wildman–Crippen MR) is 85.0 cm³/mol. The maximum Gasteiger partial charge on any atom is 0.150 e. The van der Waals surface area contributed by atoms with Crippen molar-refractivity contribution in [2.24, 2.45) is 13.0 Å².